The Labute approximate surface area is 124 Å². The van der Waals surface area contributed by atoms with E-state index in [1.165, 1.54) is 12.8 Å². The average molecular weight is 284 g/mol. The van der Waals surface area contributed by atoms with E-state index in [0.717, 1.165) is 17.8 Å². The lowest BCUT2D eigenvalue weighted by Gasteiger charge is -2.16. The van der Waals surface area contributed by atoms with Crippen molar-refractivity contribution in [1.29, 1.82) is 0 Å². The van der Waals surface area contributed by atoms with E-state index in [1.54, 1.807) is 11.1 Å². The molecule has 2 aromatic rings. The first-order valence-electron chi connectivity index (χ1n) is 7.30. The molecule has 2 amide bonds. The number of hydrogen-bond acceptors (Lipinski definition) is 2. The number of carbonyl (C=O) groups excluding carboxylic acids is 1. The highest BCUT2D eigenvalue weighted by Crippen LogP contribution is 2.27. The van der Waals surface area contributed by atoms with Crippen LogP contribution >= 0.6 is 0 Å². The van der Waals surface area contributed by atoms with Crippen LogP contribution in [-0.2, 0) is 6.54 Å². The molecule has 1 saturated carbocycles. The van der Waals surface area contributed by atoms with Crippen molar-refractivity contribution in [3.8, 4) is 5.69 Å². The average Bonchev–Trinajstić information content (AvgIpc) is 3.23. The van der Waals surface area contributed by atoms with Gasteiger partial charge in [0, 0.05) is 25.4 Å². The molecule has 1 aliphatic rings. The van der Waals surface area contributed by atoms with Crippen molar-refractivity contribution in [1.82, 2.24) is 20.0 Å². The summed E-state index contributed by atoms with van der Waals surface area (Å²) in [5.41, 5.74) is 2.03. The van der Waals surface area contributed by atoms with Gasteiger partial charge < -0.3 is 10.2 Å². The number of amides is 2. The van der Waals surface area contributed by atoms with Crippen molar-refractivity contribution in [3.63, 3.8) is 0 Å². The van der Waals surface area contributed by atoms with E-state index in [4.69, 9.17) is 0 Å². The molecule has 1 fully saturated rings. The quantitative estimate of drug-likeness (QED) is 0.916. The molecule has 1 heterocycles. The van der Waals surface area contributed by atoms with Crippen LogP contribution in [0.2, 0.25) is 0 Å². The van der Waals surface area contributed by atoms with E-state index in [2.05, 4.69) is 10.4 Å². The molecule has 1 aliphatic carbocycles. The van der Waals surface area contributed by atoms with Crippen LogP contribution in [0.5, 0.6) is 0 Å². The zero-order valence-electron chi connectivity index (χ0n) is 12.2. The van der Waals surface area contributed by atoms with Gasteiger partial charge >= 0.3 is 6.03 Å². The summed E-state index contributed by atoms with van der Waals surface area (Å²) in [5.74, 6) is 0.697. The molecule has 0 spiro atoms. The summed E-state index contributed by atoms with van der Waals surface area (Å²) in [7, 11) is 1.81. The van der Waals surface area contributed by atoms with Crippen LogP contribution in [0.15, 0.2) is 42.7 Å². The van der Waals surface area contributed by atoms with Gasteiger partial charge in [0.05, 0.1) is 18.4 Å². The van der Waals surface area contributed by atoms with Crippen LogP contribution in [0.1, 0.15) is 18.4 Å². The molecule has 1 aromatic carbocycles. The second kappa shape index (κ2) is 5.99. The molecule has 5 heteroatoms. The number of benzene rings is 1. The smallest absolute Gasteiger partial charge is 0.317 e. The highest BCUT2D eigenvalue weighted by atomic mass is 16.2. The zero-order chi connectivity index (χ0) is 14.7. The lowest BCUT2D eigenvalue weighted by atomic mass is 10.3. The fourth-order valence-corrected chi connectivity index (χ4v) is 2.20. The largest absolute Gasteiger partial charge is 0.338 e. The Morgan fingerprint density at radius 1 is 1.38 bits per heavy atom. The maximum Gasteiger partial charge on any atom is 0.317 e. The summed E-state index contributed by atoms with van der Waals surface area (Å²) >= 11 is 0. The van der Waals surface area contributed by atoms with Crippen molar-refractivity contribution in [2.45, 2.75) is 19.4 Å². The fourth-order valence-electron chi connectivity index (χ4n) is 2.20. The predicted octanol–water partition coefficient (Wildman–Crippen LogP) is 2.42. The van der Waals surface area contributed by atoms with Gasteiger partial charge in [-0.3, -0.25) is 0 Å². The zero-order valence-corrected chi connectivity index (χ0v) is 12.2. The standard InChI is InChI=1S/C16H20N4O/c1-19(16(21)17-9-13-7-8-13)11-14-10-18-20(12-14)15-5-3-2-4-6-15/h2-6,10,12-13H,7-9,11H2,1H3,(H,17,21). The first-order chi connectivity index (χ1) is 10.2. The minimum Gasteiger partial charge on any atom is -0.338 e. The molecule has 0 radical (unpaired) electrons. The van der Waals surface area contributed by atoms with E-state index in [9.17, 15) is 4.79 Å². The van der Waals surface area contributed by atoms with Gasteiger partial charge in [-0.25, -0.2) is 9.48 Å². The van der Waals surface area contributed by atoms with E-state index in [0.29, 0.717) is 12.5 Å². The van der Waals surface area contributed by atoms with Gasteiger partial charge in [0.1, 0.15) is 0 Å². The van der Waals surface area contributed by atoms with E-state index < -0.39 is 0 Å². The highest BCUT2D eigenvalue weighted by Gasteiger charge is 2.22. The van der Waals surface area contributed by atoms with Crippen molar-refractivity contribution in [2.24, 2.45) is 5.92 Å². The Bertz CT molecular complexity index is 604. The first kappa shape index (κ1) is 13.7. The summed E-state index contributed by atoms with van der Waals surface area (Å²) in [6, 6.07) is 9.93. The Kier molecular flexibility index (Phi) is 3.90. The molecule has 0 bridgehead atoms. The summed E-state index contributed by atoms with van der Waals surface area (Å²) < 4.78 is 1.82. The summed E-state index contributed by atoms with van der Waals surface area (Å²) in [6.45, 7) is 1.36. The van der Waals surface area contributed by atoms with E-state index in [-0.39, 0.29) is 6.03 Å². The van der Waals surface area contributed by atoms with Crippen molar-refractivity contribution >= 4 is 6.03 Å². The summed E-state index contributed by atoms with van der Waals surface area (Å²) in [4.78, 5) is 13.6. The molecule has 3 rings (SSSR count). The Morgan fingerprint density at radius 2 is 2.14 bits per heavy atom. The molecular formula is C16H20N4O. The van der Waals surface area contributed by atoms with Crippen LogP contribution < -0.4 is 5.32 Å². The van der Waals surface area contributed by atoms with Crippen LogP contribution in [0.3, 0.4) is 0 Å². The lowest BCUT2D eigenvalue weighted by molar-refractivity contribution is 0.206. The lowest BCUT2D eigenvalue weighted by Crippen LogP contribution is -2.37. The molecule has 0 atom stereocenters. The maximum atomic E-state index is 11.9. The van der Waals surface area contributed by atoms with Crippen molar-refractivity contribution in [2.75, 3.05) is 13.6 Å². The Hall–Kier alpha value is -2.30. The number of nitrogens with one attached hydrogen (secondary N) is 1. The molecule has 1 N–H and O–H groups in total. The summed E-state index contributed by atoms with van der Waals surface area (Å²) in [5, 5.41) is 7.30. The Balaban J connectivity index is 1.57. The minimum atomic E-state index is -0.0191. The number of para-hydroxylation sites is 1. The minimum absolute atomic E-state index is 0.0191. The molecule has 0 unspecified atom stereocenters. The third-order valence-corrected chi connectivity index (χ3v) is 3.66. The van der Waals surface area contributed by atoms with Crippen LogP contribution in [0.4, 0.5) is 4.79 Å². The number of nitrogens with zero attached hydrogens (tertiary/aromatic N) is 3. The SMILES string of the molecule is CN(Cc1cnn(-c2ccccc2)c1)C(=O)NCC1CC1. The van der Waals surface area contributed by atoms with Crippen LogP contribution in [0.25, 0.3) is 5.69 Å². The first-order valence-corrected chi connectivity index (χ1v) is 7.30. The Morgan fingerprint density at radius 3 is 2.86 bits per heavy atom. The maximum absolute atomic E-state index is 11.9. The van der Waals surface area contributed by atoms with Gasteiger partial charge in [-0.05, 0) is 30.9 Å². The second-order valence-electron chi connectivity index (χ2n) is 5.61. The monoisotopic (exact) mass is 284 g/mol. The third-order valence-electron chi connectivity index (χ3n) is 3.66. The predicted molar refractivity (Wildman–Crippen MR) is 81.2 cm³/mol. The molecular weight excluding hydrogens is 264 g/mol. The molecule has 1 aromatic heterocycles. The van der Waals surface area contributed by atoms with E-state index >= 15 is 0 Å². The second-order valence-corrected chi connectivity index (χ2v) is 5.61. The van der Waals surface area contributed by atoms with Crippen LogP contribution in [-0.4, -0.2) is 34.3 Å². The normalized spacial score (nSPS) is 14.0. The van der Waals surface area contributed by atoms with E-state index in [1.807, 2.05) is 48.3 Å². The van der Waals surface area contributed by atoms with Gasteiger partial charge in [-0.1, -0.05) is 18.2 Å². The molecule has 0 saturated heterocycles. The number of aromatic nitrogens is 2. The molecule has 21 heavy (non-hydrogen) atoms. The van der Waals surface area contributed by atoms with Crippen molar-refractivity contribution < 1.29 is 4.79 Å². The van der Waals surface area contributed by atoms with Gasteiger partial charge in [0.2, 0.25) is 0 Å². The highest BCUT2D eigenvalue weighted by molar-refractivity contribution is 5.73. The number of hydrogen-bond donors (Lipinski definition) is 1. The molecule has 5 nitrogen and oxygen atoms in total. The van der Waals surface area contributed by atoms with Gasteiger partial charge in [0.15, 0.2) is 0 Å². The third kappa shape index (κ3) is 3.62. The number of rotatable bonds is 5. The van der Waals surface area contributed by atoms with Crippen LogP contribution in [0, 0.1) is 5.92 Å². The van der Waals surface area contributed by atoms with Gasteiger partial charge in [-0.2, -0.15) is 5.10 Å². The number of carbonyl (C=O) groups is 1. The van der Waals surface area contributed by atoms with Gasteiger partial charge in [0.25, 0.3) is 0 Å². The van der Waals surface area contributed by atoms with Gasteiger partial charge in [-0.15, -0.1) is 0 Å². The number of urea groups is 1. The summed E-state index contributed by atoms with van der Waals surface area (Å²) in [6.07, 6.45) is 6.25. The molecule has 0 aliphatic heterocycles. The topological polar surface area (TPSA) is 50.2 Å². The molecule has 110 valence electrons. The fraction of sp³-hybridized carbons (Fsp3) is 0.375. The van der Waals surface area contributed by atoms with Crippen molar-refractivity contribution in [3.05, 3.63) is 48.3 Å².